The number of hydrogen-bond acceptors (Lipinski definition) is 4. The first-order valence-corrected chi connectivity index (χ1v) is 5.29. The Hall–Kier alpha value is -1.26. The molecule has 0 aromatic heterocycles. The maximum atomic E-state index is 11.4. The van der Waals surface area contributed by atoms with E-state index in [0.717, 1.165) is 5.69 Å². The smallest absolute Gasteiger partial charge is 0.339 e. The second-order valence-corrected chi connectivity index (χ2v) is 3.95. The van der Waals surface area contributed by atoms with Gasteiger partial charge in [0.15, 0.2) is 0 Å². The van der Waals surface area contributed by atoms with Crippen LogP contribution in [0, 0.1) is 0 Å². The van der Waals surface area contributed by atoms with Crippen LogP contribution < -0.4 is 11.1 Å². The van der Waals surface area contributed by atoms with Crippen molar-refractivity contribution in [1.29, 1.82) is 0 Å². The van der Waals surface area contributed by atoms with Crippen molar-refractivity contribution < 1.29 is 9.53 Å². The van der Waals surface area contributed by atoms with E-state index in [-0.39, 0.29) is 6.04 Å². The molecule has 3 N–H and O–H groups in total. The Morgan fingerprint density at radius 2 is 2.31 bits per heavy atom. The third kappa shape index (κ3) is 3.40. The number of carbonyl (C=O) groups is 1. The summed E-state index contributed by atoms with van der Waals surface area (Å²) in [5.41, 5.74) is 6.75. The number of benzene rings is 1. The number of esters is 1. The Bertz CT molecular complexity index is 380. The van der Waals surface area contributed by atoms with E-state index in [1.165, 1.54) is 7.11 Å². The second-order valence-electron chi connectivity index (χ2n) is 3.54. The molecule has 1 rings (SSSR count). The van der Waals surface area contributed by atoms with Crippen LogP contribution in [0.1, 0.15) is 17.3 Å². The van der Waals surface area contributed by atoms with Gasteiger partial charge in [0.1, 0.15) is 0 Å². The fourth-order valence-corrected chi connectivity index (χ4v) is 1.38. The lowest BCUT2D eigenvalue weighted by molar-refractivity contribution is 0.0601. The zero-order chi connectivity index (χ0) is 12.1. The molecule has 88 valence electrons. The minimum absolute atomic E-state index is 0.0391. The minimum atomic E-state index is -0.450. The molecule has 0 amide bonds. The molecule has 0 heterocycles. The van der Waals surface area contributed by atoms with Gasteiger partial charge < -0.3 is 15.8 Å². The molecule has 4 nitrogen and oxygen atoms in total. The van der Waals surface area contributed by atoms with Crippen LogP contribution in [0.15, 0.2) is 18.2 Å². The minimum Gasteiger partial charge on any atom is -0.465 e. The van der Waals surface area contributed by atoms with Gasteiger partial charge in [-0.1, -0.05) is 11.6 Å². The van der Waals surface area contributed by atoms with Crippen molar-refractivity contribution in [2.75, 3.05) is 19.0 Å². The molecule has 0 bridgehead atoms. The molecule has 1 atom stereocenters. The molecule has 0 radical (unpaired) electrons. The van der Waals surface area contributed by atoms with Crippen molar-refractivity contribution in [3.63, 3.8) is 0 Å². The number of ether oxygens (including phenoxy) is 1. The lowest BCUT2D eigenvalue weighted by Crippen LogP contribution is -2.25. The van der Waals surface area contributed by atoms with Crippen LogP contribution in [0.2, 0.25) is 5.02 Å². The summed E-state index contributed by atoms with van der Waals surface area (Å²) in [5.74, 6) is -0.450. The van der Waals surface area contributed by atoms with Crippen molar-refractivity contribution in [2.45, 2.75) is 13.0 Å². The average Bonchev–Trinajstić information content (AvgIpc) is 2.27. The van der Waals surface area contributed by atoms with Gasteiger partial charge in [-0.2, -0.15) is 0 Å². The zero-order valence-corrected chi connectivity index (χ0v) is 10.0. The first-order valence-electron chi connectivity index (χ1n) is 4.92. The molecule has 0 aliphatic carbocycles. The number of rotatable bonds is 4. The SMILES string of the molecule is COC(=O)c1cc(NCC(C)N)ccc1Cl. The lowest BCUT2D eigenvalue weighted by Gasteiger charge is -2.10. The molecule has 0 fully saturated rings. The van der Waals surface area contributed by atoms with E-state index in [4.69, 9.17) is 17.3 Å². The van der Waals surface area contributed by atoms with Crippen molar-refractivity contribution in [1.82, 2.24) is 0 Å². The van der Waals surface area contributed by atoms with Gasteiger partial charge in [-0.05, 0) is 25.1 Å². The molecule has 0 aliphatic rings. The number of methoxy groups -OCH3 is 1. The maximum absolute atomic E-state index is 11.4. The van der Waals surface area contributed by atoms with Crippen molar-refractivity contribution in [3.05, 3.63) is 28.8 Å². The molecule has 16 heavy (non-hydrogen) atoms. The summed E-state index contributed by atoms with van der Waals surface area (Å²) in [7, 11) is 1.32. The maximum Gasteiger partial charge on any atom is 0.339 e. The molecule has 0 spiro atoms. The van der Waals surface area contributed by atoms with Gasteiger partial charge in [0.05, 0.1) is 17.7 Å². The number of nitrogens with one attached hydrogen (secondary N) is 1. The number of halogens is 1. The van der Waals surface area contributed by atoms with E-state index >= 15 is 0 Å². The standard InChI is InChI=1S/C11H15ClN2O2/c1-7(13)6-14-8-3-4-10(12)9(5-8)11(15)16-2/h3-5,7,14H,6,13H2,1-2H3. The van der Waals surface area contributed by atoms with Gasteiger partial charge in [0.2, 0.25) is 0 Å². The van der Waals surface area contributed by atoms with E-state index in [1.807, 2.05) is 6.92 Å². The Morgan fingerprint density at radius 3 is 2.88 bits per heavy atom. The van der Waals surface area contributed by atoms with Crippen LogP contribution in [0.4, 0.5) is 5.69 Å². The average molecular weight is 243 g/mol. The fourth-order valence-electron chi connectivity index (χ4n) is 1.18. The number of anilines is 1. The third-order valence-electron chi connectivity index (χ3n) is 2.00. The van der Waals surface area contributed by atoms with E-state index in [1.54, 1.807) is 18.2 Å². The van der Waals surface area contributed by atoms with Crippen LogP contribution in [0.5, 0.6) is 0 Å². The van der Waals surface area contributed by atoms with Gasteiger partial charge in [0, 0.05) is 18.3 Å². The highest BCUT2D eigenvalue weighted by Gasteiger charge is 2.11. The Labute approximate surface area is 99.7 Å². The molecule has 5 heteroatoms. The summed E-state index contributed by atoms with van der Waals surface area (Å²) >= 11 is 5.88. The van der Waals surface area contributed by atoms with Gasteiger partial charge >= 0.3 is 5.97 Å². The second kappa shape index (κ2) is 5.72. The van der Waals surface area contributed by atoms with Gasteiger partial charge in [-0.15, -0.1) is 0 Å². The largest absolute Gasteiger partial charge is 0.465 e. The monoisotopic (exact) mass is 242 g/mol. The molecule has 0 aliphatic heterocycles. The lowest BCUT2D eigenvalue weighted by atomic mass is 10.2. The summed E-state index contributed by atoms with van der Waals surface area (Å²) in [4.78, 5) is 11.4. The molecule has 1 aromatic carbocycles. The normalized spacial score (nSPS) is 12.0. The summed E-state index contributed by atoms with van der Waals surface area (Å²) < 4.78 is 4.62. The molecular weight excluding hydrogens is 228 g/mol. The highest BCUT2D eigenvalue weighted by atomic mass is 35.5. The number of nitrogens with two attached hydrogens (primary N) is 1. The highest BCUT2D eigenvalue weighted by molar-refractivity contribution is 6.33. The van der Waals surface area contributed by atoms with E-state index in [0.29, 0.717) is 17.1 Å². The van der Waals surface area contributed by atoms with Gasteiger partial charge in [-0.25, -0.2) is 4.79 Å². The molecule has 0 saturated heterocycles. The van der Waals surface area contributed by atoms with Crippen LogP contribution in [-0.4, -0.2) is 25.7 Å². The van der Waals surface area contributed by atoms with E-state index < -0.39 is 5.97 Å². The van der Waals surface area contributed by atoms with Crippen LogP contribution >= 0.6 is 11.6 Å². The zero-order valence-electron chi connectivity index (χ0n) is 9.29. The first-order chi connectivity index (χ1) is 7.54. The fraction of sp³-hybridized carbons (Fsp3) is 0.364. The summed E-state index contributed by atoms with van der Waals surface area (Å²) in [6, 6.07) is 5.13. The molecule has 1 aromatic rings. The molecule has 1 unspecified atom stereocenters. The summed E-state index contributed by atoms with van der Waals surface area (Å²) in [6.45, 7) is 2.52. The summed E-state index contributed by atoms with van der Waals surface area (Å²) in [6.07, 6.45) is 0. The van der Waals surface area contributed by atoms with Crippen molar-refractivity contribution >= 4 is 23.3 Å². The molecular formula is C11H15ClN2O2. The highest BCUT2D eigenvalue weighted by Crippen LogP contribution is 2.21. The quantitative estimate of drug-likeness (QED) is 0.792. The van der Waals surface area contributed by atoms with Crippen LogP contribution in [-0.2, 0) is 4.74 Å². The first kappa shape index (κ1) is 12.8. The third-order valence-corrected chi connectivity index (χ3v) is 2.33. The van der Waals surface area contributed by atoms with Crippen molar-refractivity contribution in [2.24, 2.45) is 5.73 Å². The Balaban J connectivity index is 2.85. The van der Waals surface area contributed by atoms with E-state index in [9.17, 15) is 4.79 Å². The van der Waals surface area contributed by atoms with Gasteiger partial charge in [0.25, 0.3) is 0 Å². The number of carbonyl (C=O) groups excluding carboxylic acids is 1. The summed E-state index contributed by atoms with van der Waals surface area (Å²) in [5, 5.41) is 3.47. The van der Waals surface area contributed by atoms with Gasteiger partial charge in [-0.3, -0.25) is 0 Å². The van der Waals surface area contributed by atoms with Crippen LogP contribution in [0.3, 0.4) is 0 Å². The van der Waals surface area contributed by atoms with Crippen LogP contribution in [0.25, 0.3) is 0 Å². The topological polar surface area (TPSA) is 64.3 Å². The Kier molecular flexibility index (Phi) is 4.58. The predicted molar refractivity (Wildman–Crippen MR) is 64.9 cm³/mol. The van der Waals surface area contributed by atoms with Crippen molar-refractivity contribution in [3.8, 4) is 0 Å². The van der Waals surface area contributed by atoms with E-state index in [2.05, 4.69) is 10.1 Å². The predicted octanol–water partition coefficient (Wildman–Crippen LogP) is 1.89. The Morgan fingerprint density at radius 1 is 1.62 bits per heavy atom. The molecule has 0 saturated carbocycles. The number of hydrogen-bond donors (Lipinski definition) is 2.